The highest BCUT2D eigenvalue weighted by Gasteiger charge is 2.16. The molecule has 0 saturated carbocycles. The third kappa shape index (κ3) is 5.57. The molecule has 1 N–H and O–H groups in total. The van der Waals surface area contributed by atoms with Gasteiger partial charge in [0, 0.05) is 26.2 Å². The van der Waals surface area contributed by atoms with Crippen LogP contribution in [0.1, 0.15) is 18.4 Å². The van der Waals surface area contributed by atoms with Crippen molar-refractivity contribution in [3.05, 3.63) is 54.1 Å². The van der Waals surface area contributed by atoms with Crippen LogP contribution in [0.3, 0.4) is 0 Å². The topological polar surface area (TPSA) is 75.7 Å². The summed E-state index contributed by atoms with van der Waals surface area (Å²) in [6, 6.07) is 13.9. The normalized spacial score (nSPS) is 11.4. The van der Waals surface area contributed by atoms with Gasteiger partial charge in [-0.25, -0.2) is 12.7 Å². The molecule has 0 bridgehead atoms. The molecule has 0 fully saturated rings. The lowest BCUT2D eigenvalue weighted by molar-refractivity contribution is -0.116. The molecule has 0 aromatic heterocycles. The van der Waals surface area contributed by atoms with Crippen LogP contribution in [0.2, 0.25) is 0 Å². The van der Waals surface area contributed by atoms with E-state index in [0.717, 1.165) is 10.1 Å². The van der Waals surface area contributed by atoms with Crippen LogP contribution in [0.5, 0.6) is 5.75 Å². The average molecular weight is 376 g/mol. The van der Waals surface area contributed by atoms with Crippen LogP contribution in [0.25, 0.3) is 0 Å². The van der Waals surface area contributed by atoms with Crippen LogP contribution in [-0.4, -0.2) is 39.3 Å². The molecular formula is C19H24N2O4S. The van der Waals surface area contributed by atoms with Crippen LogP contribution >= 0.6 is 0 Å². The second kappa shape index (κ2) is 8.82. The third-order valence-electron chi connectivity index (χ3n) is 3.75. The summed E-state index contributed by atoms with van der Waals surface area (Å²) in [5.41, 5.74) is 1.73. The van der Waals surface area contributed by atoms with E-state index in [1.54, 1.807) is 12.1 Å². The first-order valence-corrected chi connectivity index (χ1v) is 9.75. The fraction of sp³-hybridized carbons (Fsp3) is 0.316. The summed E-state index contributed by atoms with van der Waals surface area (Å²) < 4.78 is 30.7. The van der Waals surface area contributed by atoms with Crippen molar-refractivity contribution in [2.45, 2.75) is 24.7 Å². The summed E-state index contributed by atoms with van der Waals surface area (Å²) in [4.78, 5) is 12.2. The van der Waals surface area contributed by atoms with Gasteiger partial charge in [0.05, 0.1) is 11.5 Å². The zero-order chi connectivity index (χ0) is 19.2. The van der Waals surface area contributed by atoms with Crippen molar-refractivity contribution in [3.8, 4) is 5.75 Å². The predicted octanol–water partition coefficient (Wildman–Crippen LogP) is 3.04. The van der Waals surface area contributed by atoms with Gasteiger partial charge in [-0.2, -0.15) is 0 Å². The second-order valence-electron chi connectivity index (χ2n) is 6.13. The third-order valence-corrected chi connectivity index (χ3v) is 5.58. The number of amides is 1. The van der Waals surface area contributed by atoms with E-state index in [4.69, 9.17) is 4.74 Å². The number of carbonyl (C=O) groups is 1. The van der Waals surface area contributed by atoms with Crippen molar-refractivity contribution < 1.29 is 17.9 Å². The Hall–Kier alpha value is -2.38. The number of anilines is 1. The number of benzene rings is 2. The molecule has 2 rings (SSSR count). The number of carbonyl (C=O) groups excluding carboxylic acids is 1. The van der Waals surface area contributed by atoms with Crippen LogP contribution in [0.4, 0.5) is 5.69 Å². The van der Waals surface area contributed by atoms with Crippen molar-refractivity contribution in [1.82, 2.24) is 4.31 Å². The minimum Gasteiger partial charge on any atom is -0.494 e. The number of hydrogen-bond acceptors (Lipinski definition) is 4. The zero-order valence-corrected chi connectivity index (χ0v) is 16.0. The van der Waals surface area contributed by atoms with Gasteiger partial charge in [-0.05, 0) is 49.7 Å². The van der Waals surface area contributed by atoms with Gasteiger partial charge >= 0.3 is 0 Å². The number of hydrogen-bond donors (Lipinski definition) is 1. The lowest BCUT2D eigenvalue weighted by Gasteiger charge is -2.12. The molecule has 0 spiro atoms. The number of rotatable bonds is 8. The quantitative estimate of drug-likeness (QED) is 0.719. The van der Waals surface area contributed by atoms with E-state index in [1.807, 2.05) is 31.2 Å². The maximum absolute atomic E-state index is 12.0. The lowest BCUT2D eigenvalue weighted by atomic mass is 10.2. The van der Waals surface area contributed by atoms with Gasteiger partial charge in [-0.15, -0.1) is 0 Å². The van der Waals surface area contributed by atoms with Gasteiger partial charge in [0.1, 0.15) is 5.75 Å². The summed E-state index contributed by atoms with van der Waals surface area (Å²) in [6.45, 7) is 2.47. The highest BCUT2D eigenvalue weighted by Crippen LogP contribution is 2.17. The summed E-state index contributed by atoms with van der Waals surface area (Å²) in [7, 11) is -0.513. The highest BCUT2D eigenvalue weighted by atomic mass is 32.2. The van der Waals surface area contributed by atoms with Gasteiger partial charge < -0.3 is 10.1 Å². The van der Waals surface area contributed by atoms with E-state index in [2.05, 4.69) is 5.32 Å². The first kappa shape index (κ1) is 19.9. The smallest absolute Gasteiger partial charge is 0.242 e. The van der Waals surface area contributed by atoms with E-state index >= 15 is 0 Å². The van der Waals surface area contributed by atoms with E-state index in [0.29, 0.717) is 25.1 Å². The molecule has 6 nitrogen and oxygen atoms in total. The van der Waals surface area contributed by atoms with E-state index in [-0.39, 0.29) is 10.8 Å². The van der Waals surface area contributed by atoms with E-state index in [9.17, 15) is 13.2 Å². The van der Waals surface area contributed by atoms with Gasteiger partial charge in [-0.1, -0.05) is 17.7 Å². The van der Waals surface area contributed by atoms with Crippen LogP contribution in [0.15, 0.2) is 53.4 Å². The predicted molar refractivity (Wildman–Crippen MR) is 102 cm³/mol. The summed E-state index contributed by atoms with van der Waals surface area (Å²) >= 11 is 0. The fourth-order valence-corrected chi connectivity index (χ4v) is 3.10. The lowest BCUT2D eigenvalue weighted by Crippen LogP contribution is -2.22. The Morgan fingerprint density at radius 1 is 1.04 bits per heavy atom. The number of nitrogens with zero attached hydrogens (tertiary/aromatic N) is 1. The summed E-state index contributed by atoms with van der Waals surface area (Å²) in [6.07, 6.45) is 0.913. The molecule has 2 aromatic rings. The van der Waals surface area contributed by atoms with Crippen molar-refractivity contribution in [1.29, 1.82) is 0 Å². The minimum atomic E-state index is -3.46. The summed E-state index contributed by atoms with van der Waals surface area (Å²) in [5, 5.41) is 2.75. The van der Waals surface area contributed by atoms with Crippen molar-refractivity contribution >= 4 is 21.6 Å². The van der Waals surface area contributed by atoms with Crippen molar-refractivity contribution in [2.24, 2.45) is 0 Å². The number of nitrogens with one attached hydrogen (secondary N) is 1. The SMILES string of the molecule is Cc1ccc(OCCCC(=O)Nc2ccc(S(=O)(=O)N(C)C)cc2)cc1. The molecule has 0 aliphatic rings. The Labute approximate surface area is 154 Å². The molecule has 0 unspecified atom stereocenters. The number of sulfonamides is 1. The van der Waals surface area contributed by atoms with Crippen LogP contribution in [0, 0.1) is 6.92 Å². The minimum absolute atomic E-state index is 0.138. The summed E-state index contributed by atoms with van der Waals surface area (Å²) in [5.74, 6) is 0.648. The van der Waals surface area contributed by atoms with Crippen molar-refractivity contribution in [2.75, 3.05) is 26.0 Å². The molecule has 0 aliphatic carbocycles. The maximum Gasteiger partial charge on any atom is 0.242 e. The highest BCUT2D eigenvalue weighted by molar-refractivity contribution is 7.89. The van der Waals surface area contributed by atoms with E-state index < -0.39 is 10.0 Å². The molecule has 2 aromatic carbocycles. The molecule has 0 saturated heterocycles. The van der Waals surface area contributed by atoms with Gasteiger partial charge in [0.15, 0.2) is 0 Å². The Balaban J connectivity index is 1.78. The fourth-order valence-electron chi connectivity index (χ4n) is 2.20. The molecule has 0 atom stereocenters. The van der Waals surface area contributed by atoms with E-state index in [1.165, 1.54) is 31.8 Å². The van der Waals surface area contributed by atoms with Gasteiger partial charge in [-0.3, -0.25) is 4.79 Å². The first-order chi connectivity index (χ1) is 12.3. The molecule has 0 aliphatic heterocycles. The second-order valence-corrected chi connectivity index (χ2v) is 8.28. The number of aryl methyl sites for hydroxylation is 1. The standard InChI is InChI=1S/C19H24N2O4S/c1-15-6-10-17(11-7-15)25-14-4-5-19(22)20-16-8-12-18(13-9-16)26(23,24)21(2)3/h6-13H,4-5,14H2,1-3H3,(H,20,22). The van der Waals surface area contributed by atoms with Crippen molar-refractivity contribution in [3.63, 3.8) is 0 Å². The largest absolute Gasteiger partial charge is 0.494 e. The molecule has 140 valence electrons. The molecule has 0 radical (unpaired) electrons. The molecule has 1 amide bonds. The zero-order valence-electron chi connectivity index (χ0n) is 15.2. The monoisotopic (exact) mass is 376 g/mol. The van der Waals surface area contributed by atoms with Gasteiger partial charge in [0.25, 0.3) is 0 Å². The molecule has 7 heteroatoms. The molecule has 0 heterocycles. The average Bonchev–Trinajstić information content (AvgIpc) is 2.60. The number of ether oxygens (including phenoxy) is 1. The Morgan fingerprint density at radius 2 is 1.65 bits per heavy atom. The van der Waals surface area contributed by atoms with Crippen LogP contribution in [-0.2, 0) is 14.8 Å². The molecular weight excluding hydrogens is 352 g/mol. The van der Waals surface area contributed by atoms with Gasteiger partial charge in [0.2, 0.25) is 15.9 Å². The Bertz CT molecular complexity index is 829. The van der Waals surface area contributed by atoms with Crippen LogP contribution < -0.4 is 10.1 Å². The Morgan fingerprint density at radius 3 is 2.23 bits per heavy atom. The maximum atomic E-state index is 12.0. The molecule has 26 heavy (non-hydrogen) atoms. The first-order valence-electron chi connectivity index (χ1n) is 8.31. The Kier molecular flexibility index (Phi) is 6.76.